The molecule has 7 heteroatoms. The van der Waals surface area contributed by atoms with E-state index in [0.29, 0.717) is 6.54 Å². The molecule has 1 saturated carbocycles. The van der Waals surface area contributed by atoms with Crippen molar-refractivity contribution in [2.45, 2.75) is 38.8 Å². The lowest BCUT2D eigenvalue weighted by molar-refractivity contribution is -0.139. The zero-order valence-electron chi connectivity index (χ0n) is 13.3. The number of hydrogen-bond acceptors (Lipinski definition) is 3. The Hall–Kier alpha value is -1.60. The van der Waals surface area contributed by atoms with E-state index in [9.17, 15) is 9.59 Å². The van der Waals surface area contributed by atoms with E-state index in [2.05, 4.69) is 26.6 Å². The maximum absolute atomic E-state index is 12.0. The first-order valence-corrected chi connectivity index (χ1v) is 8.47. The summed E-state index contributed by atoms with van der Waals surface area (Å²) in [6, 6.07) is 5.82. The molecule has 0 aromatic heterocycles. The molecule has 3 N–H and O–H groups in total. The van der Waals surface area contributed by atoms with Crippen molar-refractivity contribution < 1.29 is 14.7 Å². The molecule has 1 fully saturated rings. The molecule has 0 bridgehead atoms. The van der Waals surface area contributed by atoms with Crippen LogP contribution in [0.2, 0.25) is 0 Å². The smallest absolute Gasteiger partial charge is 0.319 e. The fourth-order valence-electron chi connectivity index (χ4n) is 2.84. The van der Waals surface area contributed by atoms with Crippen molar-refractivity contribution in [3.05, 3.63) is 28.2 Å². The van der Waals surface area contributed by atoms with Crippen LogP contribution in [0.15, 0.2) is 22.7 Å². The van der Waals surface area contributed by atoms with Crippen LogP contribution < -0.4 is 10.6 Å². The number of carboxylic acid groups (broad SMARTS) is 1. The fourth-order valence-corrected chi connectivity index (χ4v) is 3.45. The standard InChI is InChI=1S/C16H22BrN3O3/c1-3-20(9-15(21)22)14-7-13(8-14)19-16(23)18-12-5-10(2)4-11(17)6-12/h4-6,13-14H,3,7-9H2,1-2H3,(H,21,22)(H2,18,19,23). The Labute approximate surface area is 144 Å². The number of hydrogen-bond donors (Lipinski definition) is 3. The maximum Gasteiger partial charge on any atom is 0.319 e. The minimum atomic E-state index is -0.814. The highest BCUT2D eigenvalue weighted by molar-refractivity contribution is 9.10. The van der Waals surface area contributed by atoms with Crippen molar-refractivity contribution >= 4 is 33.6 Å². The summed E-state index contributed by atoms with van der Waals surface area (Å²) in [7, 11) is 0. The van der Waals surface area contributed by atoms with Gasteiger partial charge in [0, 0.05) is 22.2 Å². The predicted molar refractivity (Wildman–Crippen MR) is 92.7 cm³/mol. The van der Waals surface area contributed by atoms with Gasteiger partial charge in [0.2, 0.25) is 0 Å². The van der Waals surface area contributed by atoms with Crippen molar-refractivity contribution in [3.63, 3.8) is 0 Å². The van der Waals surface area contributed by atoms with Gasteiger partial charge in [0.05, 0.1) is 6.54 Å². The lowest BCUT2D eigenvalue weighted by atomic mass is 9.85. The van der Waals surface area contributed by atoms with Crippen LogP contribution >= 0.6 is 15.9 Å². The molecule has 0 atom stereocenters. The zero-order chi connectivity index (χ0) is 17.0. The molecule has 0 aliphatic heterocycles. The van der Waals surface area contributed by atoms with E-state index < -0.39 is 5.97 Å². The maximum atomic E-state index is 12.0. The van der Waals surface area contributed by atoms with Crippen molar-refractivity contribution in [2.75, 3.05) is 18.4 Å². The molecule has 1 aromatic rings. The van der Waals surface area contributed by atoms with Crippen LogP contribution in [0, 0.1) is 6.92 Å². The van der Waals surface area contributed by atoms with Crippen molar-refractivity contribution in [2.24, 2.45) is 0 Å². The normalized spacial score (nSPS) is 20.0. The Kier molecular flexibility index (Phi) is 6.01. The van der Waals surface area contributed by atoms with Gasteiger partial charge in [-0.25, -0.2) is 4.79 Å². The molecule has 2 rings (SSSR count). The van der Waals surface area contributed by atoms with Gasteiger partial charge in [0.15, 0.2) is 0 Å². The first kappa shape index (κ1) is 17.7. The highest BCUT2D eigenvalue weighted by Gasteiger charge is 2.34. The highest BCUT2D eigenvalue weighted by Crippen LogP contribution is 2.26. The van der Waals surface area contributed by atoms with Gasteiger partial charge in [0.1, 0.15) is 0 Å². The second-order valence-electron chi connectivity index (χ2n) is 5.89. The predicted octanol–water partition coefficient (Wildman–Crippen LogP) is 2.82. The Balaban J connectivity index is 1.78. The fraction of sp³-hybridized carbons (Fsp3) is 0.500. The minimum Gasteiger partial charge on any atom is -0.480 e. The zero-order valence-corrected chi connectivity index (χ0v) is 14.9. The lowest BCUT2D eigenvalue weighted by Crippen LogP contribution is -2.55. The SMILES string of the molecule is CCN(CC(=O)O)C1CC(NC(=O)Nc2cc(C)cc(Br)c2)C1. The summed E-state index contributed by atoms with van der Waals surface area (Å²) in [6.07, 6.45) is 1.57. The molecule has 0 spiro atoms. The summed E-state index contributed by atoms with van der Waals surface area (Å²) >= 11 is 3.40. The Morgan fingerprint density at radius 1 is 1.35 bits per heavy atom. The van der Waals surface area contributed by atoms with Crippen LogP contribution in [0.1, 0.15) is 25.3 Å². The van der Waals surface area contributed by atoms with Gasteiger partial charge < -0.3 is 15.7 Å². The van der Waals surface area contributed by atoms with Gasteiger partial charge >= 0.3 is 12.0 Å². The van der Waals surface area contributed by atoms with Gasteiger partial charge in [-0.1, -0.05) is 22.9 Å². The highest BCUT2D eigenvalue weighted by atomic mass is 79.9. The van der Waals surface area contributed by atoms with Crippen molar-refractivity contribution in [3.8, 4) is 0 Å². The average Bonchev–Trinajstić information content (AvgIpc) is 2.38. The van der Waals surface area contributed by atoms with E-state index in [1.54, 1.807) is 0 Å². The molecule has 126 valence electrons. The molecule has 23 heavy (non-hydrogen) atoms. The third kappa shape index (κ3) is 5.21. The van der Waals surface area contributed by atoms with Gasteiger partial charge in [-0.3, -0.25) is 9.69 Å². The molecular formula is C16H22BrN3O3. The van der Waals surface area contributed by atoms with Crippen LogP contribution in [-0.2, 0) is 4.79 Å². The summed E-state index contributed by atoms with van der Waals surface area (Å²) < 4.78 is 0.920. The third-order valence-electron chi connectivity index (χ3n) is 4.01. The van der Waals surface area contributed by atoms with E-state index in [1.807, 2.05) is 36.9 Å². The first-order chi connectivity index (χ1) is 10.9. The third-order valence-corrected chi connectivity index (χ3v) is 4.47. The van der Waals surface area contributed by atoms with E-state index in [4.69, 9.17) is 5.11 Å². The molecular weight excluding hydrogens is 362 g/mol. The molecule has 6 nitrogen and oxygen atoms in total. The Morgan fingerprint density at radius 2 is 2.04 bits per heavy atom. The number of rotatable bonds is 6. The van der Waals surface area contributed by atoms with Crippen molar-refractivity contribution in [1.82, 2.24) is 10.2 Å². The van der Waals surface area contributed by atoms with Crippen molar-refractivity contribution in [1.29, 1.82) is 0 Å². The number of benzene rings is 1. The summed E-state index contributed by atoms with van der Waals surface area (Å²) in [5.74, 6) is -0.814. The molecule has 2 amide bonds. The number of anilines is 1. The van der Waals surface area contributed by atoms with E-state index in [0.717, 1.165) is 28.6 Å². The van der Waals surface area contributed by atoms with E-state index in [-0.39, 0.29) is 24.7 Å². The number of likely N-dealkylation sites (N-methyl/N-ethyl adjacent to an activating group) is 1. The quantitative estimate of drug-likeness (QED) is 0.705. The molecule has 0 unspecified atom stereocenters. The van der Waals surface area contributed by atoms with E-state index in [1.165, 1.54) is 0 Å². The summed E-state index contributed by atoms with van der Waals surface area (Å²) in [6.45, 7) is 4.67. The topological polar surface area (TPSA) is 81.7 Å². The molecule has 1 aliphatic rings. The average molecular weight is 384 g/mol. The lowest BCUT2D eigenvalue weighted by Gasteiger charge is -2.42. The van der Waals surface area contributed by atoms with Crippen LogP contribution in [-0.4, -0.2) is 47.2 Å². The van der Waals surface area contributed by atoms with Crippen LogP contribution in [0.25, 0.3) is 0 Å². The minimum absolute atomic E-state index is 0.0530. The largest absolute Gasteiger partial charge is 0.480 e. The molecule has 0 saturated heterocycles. The second kappa shape index (κ2) is 7.79. The summed E-state index contributed by atoms with van der Waals surface area (Å²) in [4.78, 5) is 24.7. The number of nitrogens with one attached hydrogen (secondary N) is 2. The van der Waals surface area contributed by atoms with Crippen LogP contribution in [0.4, 0.5) is 10.5 Å². The number of halogens is 1. The molecule has 1 aliphatic carbocycles. The van der Waals surface area contributed by atoms with E-state index >= 15 is 0 Å². The Bertz CT molecular complexity index is 568. The number of nitrogens with zero attached hydrogens (tertiary/aromatic N) is 1. The number of carboxylic acids is 1. The number of aryl methyl sites for hydroxylation is 1. The number of aliphatic carboxylic acids is 1. The van der Waals surface area contributed by atoms with Gasteiger partial charge in [-0.2, -0.15) is 0 Å². The second-order valence-corrected chi connectivity index (χ2v) is 6.81. The summed E-state index contributed by atoms with van der Waals surface area (Å²) in [5, 5.41) is 14.6. The van der Waals surface area contributed by atoms with Gasteiger partial charge in [0.25, 0.3) is 0 Å². The molecule has 1 aromatic carbocycles. The summed E-state index contributed by atoms with van der Waals surface area (Å²) in [5.41, 5.74) is 1.80. The number of carbonyl (C=O) groups excluding carboxylic acids is 1. The van der Waals surface area contributed by atoms with Gasteiger partial charge in [-0.15, -0.1) is 0 Å². The number of carbonyl (C=O) groups is 2. The Morgan fingerprint density at radius 3 is 2.61 bits per heavy atom. The number of urea groups is 1. The molecule has 0 heterocycles. The number of amides is 2. The van der Waals surface area contributed by atoms with Gasteiger partial charge in [-0.05, 0) is 50.1 Å². The van der Waals surface area contributed by atoms with Crippen LogP contribution in [0.5, 0.6) is 0 Å². The van der Waals surface area contributed by atoms with Crippen LogP contribution in [0.3, 0.4) is 0 Å². The first-order valence-electron chi connectivity index (χ1n) is 7.68. The molecule has 0 radical (unpaired) electrons. The monoisotopic (exact) mass is 383 g/mol.